The van der Waals surface area contributed by atoms with E-state index in [2.05, 4.69) is 10.1 Å². The summed E-state index contributed by atoms with van der Waals surface area (Å²) in [6.07, 6.45) is 0. The molecule has 1 fully saturated rings. The van der Waals surface area contributed by atoms with Crippen molar-refractivity contribution in [3.8, 4) is 17.1 Å². The van der Waals surface area contributed by atoms with Crippen molar-refractivity contribution in [3.05, 3.63) is 60.3 Å². The van der Waals surface area contributed by atoms with Gasteiger partial charge < -0.3 is 14.0 Å². The van der Waals surface area contributed by atoms with Crippen molar-refractivity contribution in [1.29, 1.82) is 0 Å². The molecule has 1 amide bonds. The summed E-state index contributed by atoms with van der Waals surface area (Å²) in [5.74, 6) is 1.12. The van der Waals surface area contributed by atoms with Crippen LogP contribution in [0.15, 0.2) is 59.1 Å². The molecule has 0 spiro atoms. The highest BCUT2D eigenvalue weighted by atomic mass is 32.1. The smallest absolute Gasteiger partial charge is 0.282 e. The fourth-order valence-corrected chi connectivity index (χ4v) is 4.89. The highest BCUT2D eigenvalue weighted by Gasteiger charge is 2.26. The summed E-state index contributed by atoms with van der Waals surface area (Å²) in [5, 5.41) is 4.71. The molecular weight excluding hydrogens is 452 g/mol. The van der Waals surface area contributed by atoms with Crippen molar-refractivity contribution in [3.63, 3.8) is 0 Å². The molecule has 0 radical (unpaired) electrons. The fraction of sp³-hybridized carbons (Fsp3) is 0.320. The Morgan fingerprint density at radius 1 is 1.15 bits per heavy atom. The van der Waals surface area contributed by atoms with Crippen molar-refractivity contribution in [2.75, 3.05) is 50.9 Å². The second-order valence-electron chi connectivity index (χ2n) is 7.91. The summed E-state index contributed by atoms with van der Waals surface area (Å²) < 4.78 is 17.6. The third-order valence-electron chi connectivity index (χ3n) is 5.67. The van der Waals surface area contributed by atoms with E-state index in [1.165, 1.54) is 11.3 Å². The molecule has 0 bridgehead atoms. The van der Waals surface area contributed by atoms with Gasteiger partial charge in [-0.25, -0.2) is 4.98 Å². The first-order valence-electron chi connectivity index (χ1n) is 11.4. The number of rotatable bonds is 8. The predicted octanol–water partition coefficient (Wildman–Crippen LogP) is 4.33. The Balaban J connectivity index is 1.43. The molecule has 176 valence electrons. The number of hydrogen-bond donors (Lipinski definition) is 0. The zero-order chi connectivity index (χ0) is 23.3. The van der Waals surface area contributed by atoms with Crippen LogP contribution in [0.4, 0.5) is 5.13 Å². The van der Waals surface area contributed by atoms with E-state index in [0.717, 1.165) is 41.2 Å². The number of nitrogens with zero attached hydrogens (tertiary/aromatic N) is 4. The second kappa shape index (κ2) is 10.3. The van der Waals surface area contributed by atoms with Crippen LogP contribution in [0, 0.1) is 0 Å². The van der Waals surface area contributed by atoms with Gasteiger partial charge in [0.05, 0.1) is 30.0 Å². The van der Waals surface area contributed by atoms with Crippen LogP contribution < -0.4 is 9.64 Å². The largest absolute Gasteiger partial charge is 0.494 e. The number of carbonyl (C=O) groups is 1. The number of fused-ring (bicyclic) bond motifs is 1. The molecule has 1 aliphatic heterocycles. The molecule has 1 saturated heterocycles. The van der Waals surface area contributed by atoms with E-state index >= 15 is 0 Å². The fourth-order valence-electron chi connectivity index (χ4n) is 3.87. The first kappa shape index (κ1) is 22.5. The number of morpholine rings is 1. The summed E-state index contributed by atoms with van der Waals surface area (Å²) in [7, 11) is 0. The van der Waals surface area contributed by atoms with Gasteiger partial charge in [-0.2, -0.15) is 0 Å². The van der Waals surface area contributed by atoms with Crippen molar-refractivity contribution >= 4 is 32.6 Å². The standard InChI is InChI=1S/C25H26N4O4S/c1-2-32-19-8-9-20-23(16-19)34-25(26-20)29(11-10-28-12-14-31-15-13-28)24(30)21-17-22(33-27-21)18-6-4-3-5-7-18/h3-9,16-17H,2,10-15H2,1H3. The molecule has 34 heavy (non-hydrogen) atoms. The molecule has 8 nitrogen and oxygen atoms in total. The van der Waals surface area contributed by atoms with Crippen LogP contribution in [0.1, 0.15) is 17.4 Å². The number of ether oxygens (including phenoxy) is 2. The molecule has 2 aromatic heterocycles. The van der Waals surface area contributed by atoms with Crippen molar-refractivity contribution in [2.24, 2.45) is 0 Å². The van der Waals surface area contributed by atoms with Gasteiger partial charge in [-0.05, 0) is 25.1 Å². The van der Waals surface area contributed by atoms with Gasteiger partial charge in [-0.3, -0.25) is 14.6 Å². The molecule has 0 N–H and O–H groups in total. The molecule has 4 aromatic rings. The second-order valence-corrected chi connectivity index (χ2v) is 8.92. The van der Waals surface area contributed by atoms with Crippen molar-refractivity contribution in [2.45, 2.75) is 6.92 Å². The Morgan fingerprint density at radius 2 is 1.97 bits per heavy atom. The van der Waals surface area contributed by atoms with E-state index < -0.39 is 0 Å². The highest BCUT2D eigenvalue weighted by molar-refractivity contribution is 7.22. The van der Waals surface area contributed by atoms with E-state index in [4.69, 9.17) is 19.0 Å². The molecule has 2 aromatic carbocycles. The van der Waals surface area contributed by atoms with E-state index in [1.807, 2.05) is 55.5 Å². The summed E-state index contributed by atoms with van der Waals surface area (Å²) in [4.78, 5) is 22.4. The lowest BCUT2D eigenvalue weighted by atomic mass is 10.1. The highest BCUT2D eigenvalue weighted by Crippen LogP contribution is 2.32. The summed E-state index contributed by atoms with van der Waals surface area (Å²) in [5.41, 5.74) is 1.96. The van der Waals surface area contributed by atoms with Gasteiger partial charge in [-0.15, -0.1) is 0 Å². The number of anilines is 1. The third-order valence-corrected chi connectivity index (χ3v) is 6.71. The van der Waals surface area contributed by atoms with Gasteiger partial charge in [0, 0.05) is 37.8 Å². The number of benzene rings is 2. The zero-order valence-corrected chi connectivity index (χ0v) is 19.8. The average molecular weight is 479 g/mol. The van der Waals surface area contributed by atoms with Crippen LogP contribution in [0.25, 0.3) is 21.5 Å². The van der Waals surface area contributed by atoms with Crippen LogP contribution in [-0.2, 0) is 4.74 Å². The monoisotopic (exact) mass is 478 g/mol. The number of amides is 1. The van der Waals surface area contributed by atoms with E-state index in [-0.39, 0.29) is 11.6 Å². The molecule has 9 heteroatoms. The number of hydrogen-bond acceptors (Lipinski definition) is 8. The van der Waals surface area contributed by atoms with Gasteiger partial charge in [-0.1, -0.05) is 46.8 Å². The topological polar surface area (TPSA) is 80.9 Å². The summed E-state index contributed by atoms with van der Waals surface area (Å²) in [6, 6.07) is 17.1. The zero-order valence-electron chi connectivity index (χ0n) is 19.0. The third kappa shape index (κ3) is 4.96. The lowest BCUT2D eigenvalue weighted by Crippen LogP contribution is -2.43. The Bertz CT molecular complexity index is 1250. The number of thiazole rings is 1. The van der Waals surface area contributed by atoms with Crippen LogP contribution in [0.5, 0.6) is 5.75 Å². The van der Waals surface area contributed by atoms with Gasteiger partial charge in [0.15, 0.2) is 16.6 Å². The molecule has 0 saturated carbocycles. The first-order chi connectivity index (χ1) is 16.7. The molecule has 0 unspecified atom stereocenters. The molecule has 5 rings (SSSR count). The van der Waals surface area contributed by atoms with Crippen LogP contribution in [0.2, 0.25) is 0 Å². The maximum atomic E-state index is 13.6. The van der Waals surface area contributed by atoms with E-state index in [1.54, 1.807) is 11.0 Å². The van der Waals surface area contributed by atoms with Crippen LogP contribution in [0.3, 0.4) is 0 Å². The van der Waals surface area contributed by atoms with Gasteiger partial charge in [0.2, 0.25) is 0 Å². The minimum atomic E-state index is -0.233. The molecule has 0 atom stereocenters. The molecule has 3 heterocycles. The van der Waals surface area contributed by atoms with Gasteiger partial charge in [0.25, 0.3) is 5.91 Å². The Kier molecular flexibility index (Phi) is 6.84. The predicted molar refractivity (Wildman–Crippen MR) is 132 cm³/mol. The van der Waals surface area contributed by atoms with Crippen LogP contribution in [-0.4, -0.2) is 66.9 Å². The molecular formula is C25H26N4O4S. The Morgan fingerprint density at radius 3 is 2.76 bits per heavy atom. The van der Waals surface area contributed by atoms with Gasteiger partial charge >= 0.3 is 0 Å². The minimum absolute atomic E-state index is 0.233. The van der Waals surface area contributed by atoms with Gasteiger partial charge in [0.1, 0.15) is 5.75 Å². The number of carbonyl (C=O) groups excluding carboxylic acids is 1. The van der Waals surface area contributed by atoms with Crippen LogP contribution >= 0.6 is 11.3 Å². The Hall–Kier alpha value is -3.27. The maximum absolute atomic E-state index is 13.6. The average Bonchev–Trinajstić information content (AvgIpc) is 3.53. The van der Waals surface area contributed by atoms with Crippen molar-refractivity contribution in [1.82, 2.24) is 15.0 Å². The lowest BCUT2D eigenvalue weighted by molar-refractivity contribution is 0.0391. The maximum Gasteiger partial charge on any atom is 0.282 e. The Labute approximate surface area is 201 Å². The van der Waals surface area contributed by atoms with E-state index in [9.17, 15) is 4.79 Å². The number of aromatic nitrogens is 2. The first-order valence-corrected chi connectivity index (χ1v) is 12.2. The quantitative estimate of drug-likeness (QED) is 0.373. The minimum Gasteiger partial charge on any atom is -0.494 e. The lowest BCUT2D eigenvalue weighted by Gasteiger charge is -2.28. The summed E-state index contributed by atoms with van der Waals surface area (Å²) >= 11 is 1.47. The van der Waals surface area contributed by atoms with E-state index in [0.29, 0.717) is 37.3 Å². The normalized spacial score (nSPS) is 14.4. The molecule has 0 aliphatic carbocycles. The molecule has 1 aliphatic rings. The van der Waals surface area contributed by atoms with Crippen molar-refractivity contribution < 1.29 is 18.8 Å². The SMILES string of the molecule is CCOc1ccc2nc(N(CCN3CCOCC3)C(=O)c3cc(-c4ccccc4)on3)sc2c1. The summed E-state index contributed by atoms with van der Waals surface area (Å²) in [6.45, 7) is 6.87.